The standard InChI is InChI=1S/C19H15FN4O2/c20-15-9-3-1-7-13(15)18(25)23-22-17-14-8-2-4-10-16(14)24(19(17)26)12-6-5-11-21/h1-4,7-10,26H,5-6,12H2. The van der Waals surface area contributed by atoms with Crippen LogP contribution in [0.3, 0.4) is 0 Å². The first-order valence-corrected chi connectivity index (χ1v) is 8.01. The summed E-state index contributed by atoms with van der Waals surface area (Å²) in [6.07, 6.45) is 0.919. The topological polar surface area (TPSA) is 90.7 Å². The van der Waals surface area contributed by atoms with Crippen LogP contribution in [0.1, 0.15) is 23.2 Å². The Morgan fingerprint density at radius 1 is 1.19 bits per heavy atom. The Balaban J connectivity index is 1.97. The van der Waals surface area contributed by atoms with Gasteiger partial charge in [0.15, 0.2) is 5.69 Å². The minimum Gasteiger partial charge on any atom is -0.493 e. The fraction of sp³-hybridized carbons (Fsp3) is 0.158. The van der Waals surface area contributed by atoms with E-state index in [0.29, 0.717) is 24.8 Å². The van der Waals surface area contributed by atoms with E-state index >= 15 is 0 Å². The summed E-state index contributed by atoms with van der Waals surface area (Å²) in [6, 6.07) is 14.7. The van der Waals surface area contributed by atoms with Crippen molar-refractivity contribution in [3.8, 4) is 11.9 Å². The molecule has 26 heavy (non-hydrogen) atoms. The summed E-state index contributed by atoms with van der Waals surface area (Å²) in [5, 5.41) is 27.2. The highest BCUT2D eigenvalue weighted by molar-refractivity contribution is 5.97. The number of benzene rings is 2. The summed E-state index contributed by atoms with van der Waals surface area (Å²) in [5.41, 5.74) is 0.672. The minimum absolute atomic E-state index is 0.141. The third kappa shape index (κ3) is 3.30. The van der Waals surface area contributed by atoms with Gasteiger partial charge in [0, 0.05) is 18.4 Å². The first-order valence-electron chi connectivity index (χ1n) is 8.01. The van der Waals surface area contributed by atoms with Crippen molar-refractivity contribution < 1.29 is 14.3 Å². The zero-order chi connectivity index (χ0) is 18.5. The lowest BCUT2D eigenvalue weighted by Crippen LogP contribution is -1.97. The van der Waals surface area contributed by atoms with E-state index < -0.39 is 11.7 Å². The van der Waals surface area contributed by atoms with Gasteiger partial charge in [0.2, 0.25) is 5.88 Å². The molecule has 0 saturated carbocycles. The molecule has 0 unspecified atom stereocenters. The molecule has 1 N–H and O–H groups in total. The molecular weight excluding hydrogens is 335 g/mol. The molecular formula is C19H15FN4O2. The molecule has 0 saturated heterocycles. The van der Waals surface area contributed by atoms with Gasteiger partial charge in [-0.25, -0.2) is 4.39 Å². The summed E-state index contributed by atoms with van der Waals surface area (Å²) in [4.78, 5) is 12.1. The lowest BCUT2D eigenvalue weighted by atomic mass is 10.2. The SMILES string of the molecule is N#CCCCn1c(O)c(N=NC(=O)c2ccccc2F)c2ccccc21. The van der Waals surface area contributed by atoms with Gasteiger partial charge in [0.05, 0.1) is 17.1 Å². The van der Waals surface area contributed by atoms with Gasteiger partial charge in [-0.3, -0.25) is 4.79 Å². The number of hydrogen-bond donors (Lipinski definition) is 1. The highest BCUT2D eigenvalue weighted by Gasteiger charge is 2.17. The van der Waals surface area contributed by atoms with Gasteiger partial charge in [-0.15, -0.1) is 10.2 Å². The van der Waals surface area contributed by atoms with Crippen molar-refractivity contribution in [3.05, 3.63) is 59.9 Å². The number of carbonyl (C=O) groups excluding carboxylic acids is 1. The van der Waals surface area contributed by atoms with Crippen molar-refractivity contribution in [1.29, 1.82) is 5.26 Å². The molecule has 0 radical (unpaired) electrons. The highest BCUT2D eigenvalue weighted by atomic mass is 19.1. The molecule has 0 spiro atoms. The summed E-state index contributed by atoms with van der Waals surface area (Å²) in [5.74, 6) is -1.65. The Hall–Kier alpha value is -3.53. The number of fused-ring (bicyclic) bond motifs is 1. The van der Waals surface area contributed by atoms with Crippen molar-refractivity contribution in [2.75, 3.05) is 0 Å². The van der Waals surface area contributed by atoms with Gasteiger partial charge in [0.1, 0.15) is 5.82 Å². The van der Waals surface area contributed by atoms with Crippen LogP contribution < -0.4 is 0 Å². The summed E-state index contributed by atoms with van der Waals surface area (Å²) in [6.45, 7) is 0.427. The van der Waals surface area contributed by atoms with E-state index in [1.807, 2.05) is 6.07 Å². The van der Waals surface area contributed by atoms with Gasteiger partial charge in [-0.2, -0.15) is 5.26 Å². The number of nitriles is 1. The maximum Gasteiger partial charge on any atom is 0.298 e. The molecule has 130 valence electrons. The number of rotatable bonds is 5. The molecule has 2 aromatic carbocycles. The van der Waals surface area contributed by atoms with Gasteiger partial charge in [-0.1, -0.05) is 30.3 Å². The van der Waals surface area contributed by atoms with E-state index in [-0.39, 0.29) is 17.1 Å². The summed E-state index contributed by atoms with van der Waals surface area (Å²) >= 11 is 0. The molecule has 3 rings (SSSR count). The van der Waals surface area contributed by atoms with E-state index in [2.05, 4.69) is 16.3 Å². The van der Waals surface area contributed by atoms with Crippen molar-refractivity contribution in [2.24, 2.45) is 10.2 Å². The molecule has 7 heteroatoms. The second-order valence-corrected chi connectivity index (χ2v) is 5.59. The Labute approximate surface area is 148 Å². The third-order valence-electron chi connectivity index (χ3n) is 3.93. The van der Waals surface area contributed by atoms with Crippen LogP contribution in [0, 0.1) is 17.1 Å². The lowest BCUT2D eigenvalue weighted by Gasteiger charge is -2.04. The quantitative estimate of drug-likeness (QED) is 0.533. The Bertz CT molecular complexity index is 1030. The second-order valence-electron chi connectivity index (χ2n) is 5.59. The number of amides is 1. The molecule has 0 aliphatic rings. The molecule has 6 nitrogen and oxygen atoms in total. The van der Waals surface area contributed by atoms with Gasteiger partial charge < -0.3 is 9.67 Å². The van der Waals surface area contributed by atoms with E-state index in [4.69, 9.17) is 5.26 Å². The normalized spacial score (nSPS) is 11.1. The first kappa shape index (κ1) is 17.3. The van der Waals surface area contributed by atoms with Gasteiger partial charge in [0.25, 0.3) is 5.91 Å². The van der Waals surface area contributed by atoms with Crippen molar-refractivity contribution >= 4 is 22.5 Å². The van der Waals surface area contributed by atoms with Crippen LogP contribution in [0.4, 0.5) is 10.1 Å². The number of carbonyl (C=O) groups is 1. The predicted octanol–water partition coefficient (Wildman–Crippen LogP) is 4.71. The number of unbranched alkanes of at least 4 members (excludes halogenated alkanes) is 1. The highest BCUT2D eigenvalue weighted by Crippen LogP contribution is 2.39. The maximum atomic E-state index is 13.7. The summed E-state index contributed by atoms with van der Waals surface area (Å²) < 4.78 is 15.3. The number of nitrogens with zero attached hydrogens (tertiary/aromatic N) is 4. The van der Waals surface area contributed by atoms with E-state index in [1.165, 1.54) is 24.3 Å². The molecule has 0 fully saturated rings. The largest absolute Gasteiger partial charge is 0.493 e. The average Bonchev–Trinajstić information content (AvgIpc) is 2.92. The fourth-order valence-corrected chi connectivity index (χ4v) is 2.70. The van der Waals surface area contributed by atoms with Crippen LogP contribution in [0.25, 0.3) is 10.9 Å². The van der Waals surface area contributed by atoms with Crippen LogP contribution in [-0.4, -0.2) is 15.6 Å². The number of aromatic nitrogens is 1. The Kier molecular flexibility index (Phi) is 5.04. The van der Waals surface area contributed by atoms with Crippen LogP contribution in [0.5, 0.6) is 5.88 Å². The molecule has 1 heterocycles. The first-order chi connectivity index (χ1) is 12.6. The number of aromatic hydroxyl groups is 1. The monoisotopic (exact) mass is 350 g/mol. The second kappa shape index (κ2) is 7.57. The fourth-order valence-electron chi connectivity index (χ4n) is 2.70. The van der Waals surface area contributed by atoms with Crippen LogP contribution >= 0.6 is 0 Å². The lowest BCUT2D eigenvalue weighted by molar-refractivity contribution is 0.0991. The molecule has 1 amide bonds. The molecule has 0 aliphatic heterocycles. The van der Waals surface area contributed by atoms with E-state index in [0.717, 1.165) is 5.52 Å². The number of aryl methyl sites for hydroxylation is 1. The van der Waals surface area contributed by atoms with Crippen molar-refractivity contribution in [1.82, 2.24) is 4.57 Å². The van der Waals surface area contributed by atoms with Gasteiger partial charge in [-0.05, 0) is 24.6 Å². The molecule has 1 aromatic heterocycles. The van der Waals surface area contributed by atoms with Crippen LogP contribution in [-0.2, 0) is 6.54 Å². The Morgan fingerprint density at radius 3 is 2.69 bits per heavy atom. The molecule has 0 atom stereocenters. The smallest absolute Gasteiger partial charge is 0.298 e. The number of azo groups is 1. The van der Waals surface area contributed by atoms with Gasteiger partial charge >= 0.3 is 0 Å². The Morgan fingerprint density at radius 2 is 1.92 bits per heavy atom. The number of para-hydroxylation sites is 1. The zero-order valence-electron chi connectivity index (χ0n) is 13.8. The van der Waals surface area contributed by atoms with E-state index in [9.17, 15) is 14.3 Å². The van der Waals surface area contributed by atoms with E-state index in [1.54, 1.807) is 22.8 Å². The number of halogens is 1. The number of hydrogen-bond acceptors (Lipinski definition) is 4. The third-order valence-corrected chi connectivity index (χ3v) is 3.93. The molecule has 3 aromatic rings. The van der Waals surface area contributed by atoms with Crippen molar-refractivity contribution in [2.45, 2.75) is 19.4 Å². The molecule has 0 bridgehead atoms. The minimum atomic E-state index is -0.830. The van der Waals surface area contributed by atoms with Crippen LogP contribution in [0.15, 0.2) is 58.8 Å². The zero-order valence-corrected chi connectivity index (χ0v) is 13.8. The van der Waals surface area contributed by atoms with Crippen LogP contribution in [0.2, 0.25) is 0 Å². The summed E-state index contributed by atoms with van der Waals surface area (Å²) in [7, 11) is 0. The maximum absolute atomic E-state index is 13.7. The van der Waals surface area contributed by atoms with Crippen molar-refractivity contribution in [3.63, 3.8) is 0 Å². The predicted molar refractivity (Wildman–Crippen MR) is 93.7 cm³/mol. The average molecular weight is 350 g/mol. The molecule has 0 aliphatic carbocycles.